The molecular weight excluding hydrogens is 204 g/mol. The van der Waals surface area contributed by atoms with E-state index in [9.17, 15) is 0 Å². The van der Waals surface area contributed by atoms with Crippen LogP contribution in [0.3, 0.4) is 0 Å². The average Bonchev–Trinajstić information content (AvgIpc) is 2.58. The normalized spacial score (nSPS) is 26.2. The van der Waals surface area contributed by atoms with E-state index in [1.807, 2.05) is 0 Å². The first-order chi connectivity index (χ1) is 7.69. The third kappa shape index (κ3) is 3.64. The smallest absolute Gasteiger partial charge is 0.208 e. The van der Waals surface area contributed by atoms with Crippen LogP contribution in [0, 0.1) is 5.92 Å². The lowest BCUT2D eigenvalue weighted by molar-refractivity contribution is 0.197. The van der Waals surface area contributed by atoms with E-state index in [2.05, 4.69) is 29.2 Å². The topological polar surface area (TPSA) is 62.9 Å². The SMILES string of the molecule is COCCCN=C(NN)N1CC(C)CC1C. The molecule has 0 amide bonds. The molecule has 5 nitrogen and oxygen atoms in total. The summed E-state index contributed by atoms with van der Waals surface area (Å²) in [6, 6.07) is 0.521. The molecule has 1 aliphatic heterocycles. The second kappa shape index (κ2) is 6.70. The van der Waals surface area contributed by atoms with E-state index in [1.165, 1.54) is 6.42 Å². The van der Waals surface area contributed by atoms with Gasteiger partial charge >= 0.3 is 0 Å². The van der Waals surface area contributed by atoms with Crippen molar-refractivity contribution in [2.45, 2.75) is 32.7 Å². The van der Waals surface area contributed by atoms with Gasteiger partial charge in [-0.15, -0.1) is 0 Å². The number of aliphatic imine (C=N–C) groups is 1. The van der Waals surface area contributed by atoms with E-state index in [0.717, 1.165) is 32.1 Å². The van der Waals surface area contributed by atoms with Gasteiger partial charge in [0, 0.05) is 32.8 Å². The summed E-state index contributed by atoms with van der Waals surface area (Å²) < 4.78 is 4.99. The molecule has 0 aromatic heterocycles. The average molecular weight is 228 g/mol. The van der Waals surface area contributed by atoms with Gasteiger partial charge in [0.05, 0.1) is 0 Å². The van der Waals surface area contributed by atoms with Crippen molar-refractivity contribution in [3.63, 3.8) is 0 Å². The van der Waals surface area contributed by atoms with Crippen LogP contribution >= 0.6 is 0 Å². The highest BCUT2D eigenvalue weighted by atomic mass is 16.5. The van der Waals surface area contributed by atoms with E-state index in [4.69, 9.17) is 10.6 Å². The highest BCUT2D eigenvalue weighted by Gasteiger charge is 2.28. The molecule has 1 rings (SSSR count). The minimum Gasteiger partial charge on any atom is -0.385 e. The Hall–Kier alpha value is -0.810. The number of likely N-dealkylation sites (tertiary alicyclic amines) is 1. The van der Waals surface area contributed by atoms with Crippen molar-refractivity contribution in [3.05, 3.63) is 0 Å². The maximum atomic E-state index is 5.52. The van der Waals surface area contributed by atoms with Gasteiger partial charge in [0.25, 0.3) is 0 Å². The Morgan fingerprint density at radius 2 is 2.31 bits per heavy atom. The number of hydrazine groups is 1. The van der Waals surface area contributed by atoms with Crippen molar-refractivity contribution in [2.75, 3.05) is 26.8 Å². The third-order valence-electron chi connectivity index (χ3n) is 2.95. The van der Waals surface area contributed by atoms with Crippen LogP contribution in [0.25, 0.3) is 0 Å². The number of nitrogens with one attached hydrogen (secondary N) is 1. The molecule has 1 aliphatic rings. The van der Waals surface area contributed by atoms with Gasteiger partial charge in [-0.2, -0.15) is 0 Å². The minimum atomic E-state index is 0.521. The Balaban J connectivity index is 2.46. The van der Waals surface area contributed by atoms with Crippen LogP contribution in [0.15, 0.2) is 4.99 Å². The Morgan fingerprint density at radius 1 is 1.56 bits per heavy atom. The number of ether oxygens (including phenoxy) is 1. The summed E-state index contributed by atoms with van der Waals surface area (Å²) in [4.78, 5) is 6.72. The second-order valence-corrected chi connectivity index (χ2v) is 4.54. The number of rotatable bonds is 4. The zero-order valence-corrected chi connectivity index (χ0v) is 10.6. The molecule has 0 aromatic rings. The van der Waals surface area contributed by atoms with Crippen molar-refractivity contribution in [3.8, 4) is 0 Å². The molecule has 0 bridgehead atoms. The zero-order chi connectivity index (χ0) is 12.0. The molecule has 0 aromatic carbocycles. The maximum Gasteiger partial charge on any atom is 0.208 e. The van der Waals surface area contributed by atoms with Gasteiger partial charge in [0.1, 0.15) is 0 Å². The predicted octanol–water partition coefficient (Wildman–Crippen LogP) is 0.573. The molecule has 1 saturated heterocycles. The maximum absolute atomic E-state index is 5.52. The monoisotopic (exact) mass is 228 g/mol. The molecule has 0 radical (unpaired) electrons. The summed E-state index contributed by atoms with van der Waals surface area (Å²) in [6.07, 6.45) is 2.14. The Kier molecular flexibility index (Phi) is 5.55. The fraction of sp³-hybridized carbons (Fsp3) is 0.909. The number of hydrogen-bond donors (Lipinski definition) is 2. The summed E-state index contributed by atoms with van der Waals surface area (Å²) in [5.41, 5.74) is 2.71. The summed E-state index contributed by atoms with van der Waals surface area (Å²) >= 11 is 0. The van der Waals surface area contributed by atoms with E-state index < -0.39 is 0 Å². The number of methoxy groups -OCH3 is 1. The number of hydrogen-bond acceptors (Lipinski definition) is 3. The molecule has 94 valence electrons. The summed E-state index contributed by atoms with van der Waals surface area (Å²) in [7, 11) is 1.70. The van der Waals surface area contributed by atoms with E-state index in [1.54, 1.807) is 7.11 Å². The highest BCUT2D eigenvalue weighted by molar-refractivity contribution is 5.80. The Bertz CT molecular complexity index is 232. The Labute approximate surface area is 98.0 Å². The van der Waals surface area contributed by atoms with Crippen LogP contribution in [0.4, 0.5) is 0 Å². The van der Waals surface area contributed by atoms with Crippen LogP contribution in [-0.2, 0) is 4.74 Å². The quantitative estimate of drug-likeness (QED) is 0.243. The zero-order valence-electron chi connectivity index (χ0n) is 10.6. The van der Waals surface area contributed by atoms with Crippen LogP contribution < -0.4 is 11.3 Å². The number of guanidine groups is 1. The third-order valence-corrected chi connectivity index (χ3v) is 2.95. The van der Waals surface area contributed by atoms with Crippen LogP contribution in [0.2, 0.25) is 0 Å². The fourth-order valence-corrected chi connectivity index (χ4v) is 2.21. The highest BCUT2D eigenvalue weighted by Crippen LogP contribution is 2.21. The first-order valence-electron chi connectivity index (χ1n) is 5.95. The van der Waals surface area contributed by atoms with Crippen molar-refractivity contribution in [1.82, 2.24) is 10.3 Å². The molecule has 1 fully saturated rings. The molecule has 0 spiro atoms. The van der Waals surface area contributed by atoms with Crippen molar-refractivity contribution >= 4 is 5.96 Å². The Morgan fingerprint density at radius 3 is 2.81 bits per heavy atom. The summed E-state index contributed by atoms with van der Waals surface area (Å²) in [5, 5.41) is 0. The van der Waals surface area contributed by atoms with Gasteiger partial charge in [-0.1, -0.05) is 6.92 Å². The van der Waals surface area contributed by atoms with Gasteiger partial charge in [0.15, 0.2) is 0 Å². The molecule has 2 unspecified atom stereocenters. The van der Waals surface area contributed by atoms with Gasteiger partial charge in [-0.05, 0) is 25.7 Å². The first-order valence-corrected chi connectivity index (χ1v) is 5.95. The van der Waals surface area contributed by atoms with Crippen molar-refractivity contribution in [1.29, 1.82) is 0 Å². The van der Waals surface area contributed by atoms with Gasteiger partial charge in [-0.3, -0.25) is 10.4 Å². The molecule has 3 N–H and O–H groups in total. The fourth-order valence-electron chi connectivity index (χ4n) is 2.21. The summed E-state index contributed by atoms with van der Waals surface area (Å²) in [6.45, 7) is 7.01. The predicted molar refractivity (Wildman–Crippen MR) is 66.1 cm³/mol. The lowest BCUT2D eigenvalue weighted by Gasteiger charge is -2.24. The van der Waals surface area contributed by atoms with Crippen LogP contribution in [0.1, 0.15) is 26.7 Å². The molecular formula is C11H24N4O. The first kappa shape index (κ1) is 13.3. The molecule has 16 heavy (non-hydrogen) atoms. The lowest BCUT2D eigenvalue weighted by atomic mass is 10.1. The van der Waals surface area contributed by atoms with Crippen molar-refractivity contribution < 1.29 is 4.74 Å². The van der Waals surface area contributed by atoms with Gasteiger partial charge in [-0.25, -0.2) is 5.84 Å². The largest absolute Gasteiger partial charge is 0.385 e. The van der Waals surface area contributed by atoms with Gasteiger partial charge < -0.3 is 9.64 Å². The summed E-state index contributed by atoms with van der Waals surface area (Å²) in [5.74, 6) is 7.05. The number of nitrogens with zero attached hydrogens (tertiary/aromatic N) is 2. The van der Waals surface area contributed by atoms with Gasteiger partial charge in [0.2, 0.25) is 5.96 Å². The molecule has 0 aliphatic carbocycles. The minimum absolute atomic E-state index is 0.521. The van der Waals surface area contributed by atoms with Crippen LogP contribution in [0.5, 0.6) is 0 Å². The standard InChI is InChI=1S/C11H24N4O/c1-9-7-10(2)15(8-9)11(14-12)13-5-4-6-16-3/h9-10H,4-8,12H2,1-3H3,(H,13,14). The number of nitrogens with two attached hydrogens (primary N) is 1. The molecule has 0 saturated carbocycles. The molecule has 1 heterocycles. The van der Waals surface area contributed by atoms with Crippen LogP contribution in [-0.4, -0.2) is 43.7 Å². The van der Waals surface area contributed by atoms with E-state index >= 15 is 0 Å². The van der Waals surface area contributed by atoms with E-state index in [-0.39, 0.29) is 0 Å². The molecule has 5 heteroatoms. The molecule has 2 atom stereocenters. The van der Waals surface area contributed by atoms with Crippen molar-refractivity contribution in [2.24, 2.45) is 16.8 Å². The second-order valence-electron chi connectivity index (χ2n) is 4.54. The lowest BCUT2D eigenvalue weighted by Crippen LogP contribution is -2.46. The van der Waals surface area contributed by atoms with E-state index in [0.29, 0.717) is 12.0 Å².